The molecule has 1 saturated heterocycles. The van der Waals surface area contributed by atoms with E-state index in [-0.39, 0.29) is 12.1 Å². The lowest BCUT2D eigenvalue weighted by atomic mass is 10.1. The summed E-state index contributed by atoms with van der Waals surface area (Å²) in [5, 5.41) is 5.57. The molecule has 1 aliphatic heterocycles. The Labute approximate surface area is 119 Å². The van der Waals surface area contributed by atoms with E-state index in [0.717, 1.165) is 19.4 Å². The molecule has 1 fully saturated rings. The molecule has 1 aromatic heterocycles. The predicted octanol–water partition coefficient (Wildman–Crippen LogP) is 2.13. The Morgan fingerprint density at radius 3 is 2.89 bits per heavy atom. The van der Waals surface area contributed by atoms with E-state index in [1.165, 1.54) is 16.7 Å². The smallest absolute Gasteiger partial charge is 0.211 e. The molecular formula is C13H22N2O2S2. The molecule has 0 aliphatic carbocycles. The quantitative estimate of drug-likeness (QED) is 0.906. The molecule has 0 radical (unpaired) electrons. The van der Waals surface area contributed by atoms with E-state index in [0.29, 0.717) is 6.54 Å². The van der Waals surface area contributed by atoms with Gasteiger partial charge in [0.2, 0.25) is 10.0 Å². The number of thiophene rings is 1. The first-order chi connectivity index (χ1) is 8.89. The molecule has 0 spiro atoms. The molecule has 2 rings (SSSR count). The minimum atomic E-state index is -3.07. The predicted molar refractivity (Wildman–Crippen MR) is 80.0 cm³/mol. The molecule has 4 nitrogen and oxygen atoms in total. The fourth-order valence-electron chi connectivity index (χ4n) is 2.68. The monoisotopic (exact) mass is 302 g/mol. The summed E-state index contributed by atoms with van der Waals surface area (Å²) in [7, 11) is -3.07. The molecule has 2 heterocycles. The molecule has 0 saturated carbocycles. The van der Waals surface area contributed by atoms with Gasteiger partial charge in [-0.25, -0.2) is 8.42 Å². The molecule has 1 aliphatic rings. The third-order valence-electron chi connectivity index (χ3n) is 3.70. The summed E-state index contributed by atoms with van der Waals surface area (Å²) < 4.78 is 25.0. The van der Waals surface area contributed by atoms with Crippen molar-refractivity contribution in [2.24, 2.45) is 0 Å². The van der Waals surface area contributed by atoms with Gasteiger partial charge in [0, 0.05) is 30.1 Å². The SMILES string of the molecule is Cc1ccsc1C(C)NC[C@H]1CCCN1S(C)(=O)=O. The third kappa shape index (κ3) is 3.56. The number of aryl methyl sites for hydroxylation is 1. The average molecular weight is 302 g/mol. The van der Waals surface area contributed by atoms with Gasteiger partial charge in [-0.3, -0.25) is 0 Å². The van der Waals surface area contributed by atoms with Crippen LogP contribution in [0.3, 0.4) is 0 Å². The molecular weight excluding hydrogens is 280 g/mol. The Hall–Kier alpha value is -0.430. The highest BCUT2D eigenvalue weighted by atomic mass is 32.2. The third-order valence-corrected chi connectivity index (χ3v) is 6.24. The average Bonchev–Trinajstić information content (AvgIpc) is 2.93. The summed E-state index contributed by atoms with van der Waals surface area (Å²) in [6.07, 6.45) is 3.22. The van der Waals surface area contributed by atoms with Crippen LogP contribution in [-0.4, -0.2) is 38.1 Å². The van der Waals surface area contributed by atoms with Crippen molar-refractivity contribution < 1.29 is 8.42 Å². The molecule has 2 atom stereocenters. The van der Waals surface area contributed by atoms with Crippen LogP contribution in [0.15, 0.2) is 11.4 Å². The van der Waals surface area contributed by atoms with E-state index < -0.39 is 10.0 Å². The fraction of sp³-hybridized carbons (Fsp3) is 0.692. The van der Waals surface area contributed by atoms with Gasteiger partial charge in [-0.1, -0.05) is 0 Å². The van der Waals surface area contributed by atoms with Gasteiger partial charge in [-0.2, -0.15) is 4.31 Å². The summed E-state index contributed by atoms with van der Waals surface area (Å²) in [5.74, 6) is 0. The number of nitrogens with one attached hydrogen (secondary N) is 1. The molecule has 0 aromatic carbocycles. The first kappa shape index (κ1) is 15.0. The Balaban J connectivity index is 1.94. The standard InChI is InChI=1S/C13H22N2O2S2/c1-10-6-8-18-13(10)11(2)14-9-12-5-4-7-15(12)19(3,16)17/h6,8,11-12,14H,4-5,7,9H2,1-3H3/t11?,12-/m1/s1. The Morgan fingerprint density at radius 1 is 1.58 bits per heavy atom. The van der Waals surface area contributed by atoms with Gasteiger partial charge in [0.25, 0.3) is 0 Å². The minimum absolute atomic E-state index is 0.109. The molecule has 1 aromatic rings. The van der Waals surface area contributed by atoms with Crippen LogP contribution >= 0.6 is 11.3 Å². The molecule has 1 unspecified atom stereocenters. The van der Waals surface area contributed by atoms with Crippen molar-refractivity contribution in [1.82, 2.24) is 9.62 Å². The molecule has 108 valence electrons. The highest BCUT2D eigenvalue weighted by molar-refractivity contribution is 7.88. The van der Waals surface area contributed by atoms with Crippen LogP contribution in [0, 0.1) is 6.92 Å². The topological polar surface area (TPSA) is 49.4 Å². The Kier molecular flexibility index (Phi) is 4.66. The van der Waals surface area contributed by atoms with E-state index in [1.807, 2.05) is 0 Å². The number of hydrogen-bond donors (Lipinski definition) is 1. The lowest BCUT2D eigenvalue weighted by Gasteiger charge is -2.24. The summed E-state index contributed by atoms with van der Waals surface area (Å²) >= 11 is 1.75. The number of sulfonamides is 1. The van der Waals surface area contributed by atoms with Gasteiger partial charge in [-0.15, -0.1) is 11.3 Å². The van der Waals surface area contributed by atoms with Gasteiger partial charge in [-0.05, 0) is 43.7 Å². The zero-order chi connectivity index (χ0) is 14.0. The lowest BCUT2D eigenvalue weighted by Crippen LogP contribution is -2.41. The first-order valence-corrected chi connectivity index (χ1v) is 9.36. The van der Waals surface area contributed by atoms with E-state index in [9.17, 15) is 8.42 Å². The summed E-state index contributed by atoms with van der Waals surface area (Å²) in [6, 6.07) is 2.51. The highest BCUT2D eigenvalue weighted by Crippen LogP contribution is 2.25. The summed E-state index contributed by atoms with van der Waals surface area (Å²) in [5.41, 5.74) is 1.30. The molecule has 0 bridgehead atoms. The van der Waals surface area contributed by atoms with Crippen LogP contribution in [-0.2, 0) is 10.0 Å². The Morgan fingerprint density at radius 2 is 2.32 bits per heavy atom. The second-order valence-corrected chi connectivity index (χ2v) is 8.15. The maximum Gasteiger partial charge on any atom is 0.211 e. The second kappa shape index (κ2) is 5.91. The summed E-state index contributed by atoms with van der Waals surface area (Å²) in [4.78, 5) is 1.34. The molecule has 0 amide bonds. The van der Waals surface area contributed by atoms with Crippen molar-refractivity contribution in [3.05, 3.63) is 21.9 Å². The van der Waals surface area contributed by atoms with E-state index in [2.05, 4.69) is 30.6 Å². The zero-order valence-electron chi connectivity index (χ0n) is 11.7. The van der Waals surface area contributed by atoms with Crippen molar-refractivity contribution in [1.29, 1.82) is 0 Å². The minimum Gasteiger partial charge on any atom is -0.308 e. The van der Waals surface area contributed by atoms with Crippen molar-refractivity contribution >= 4 is 21.4 Å². The van der Waals surface area contributed by atoms with E-state index in [4.69, 9.17) is 0 Å². The van der Waals surface area contributed by atoms with Gasteiger partial charge >= 0.3 is 0 Å². The highest BCUT2D eigenvalue weighted by Gasteiger charge is 2.31. The number of nitrogens with zero attached hydrogens (tertiary/aromatic N) is 1. The number of rotatable bonds is 5. The van der Waals surface area contributed by atoms with Crippen LogP contribution < -0.4 is 5.32 Å². The van der Waals surface area contributed by atoms with Crippen molar-refractivity contribution in [2.45, 2.75) is 38.8 Å². The zero-order valence-corrected chi connectivity index (χ0v) is 13.4. The largest absolute Gasteiger partial charge is 0.308 e. The van der Waals surface area contributed by atoms with Gasteiger partial charge in [0.15, 0.2) is 0 Å². The van der Waals surface area contributed by atoms with Crippen molar-refractivity contribution in [3.63, 3.8) is 0 Å². The molecule has 6 heteroatoms. The van der Waals surface area contributed by atoms with Gasteiger partial charge < -0.3 is 5.32 Å². The first-order valence-electron chi connectivity index (χ1n) is 6.64. The van der Waals surface area contributed by atoms with E-state index >= 15 is 0 Å². The normalized spacial score (nSPS) is 22.8. The maximum atomic E-state index is 11.7. The Bertz CT molecular complexity index is 525. The number of hydrogen-bond acceptors (Lipinski definition) is 4. The van der Waals surface area contributed by atoms with Crippen LogP contribution in [0.5, 0.6) is 0 Å². The van der Waals surface area contributed by atoms with Crippen LogP contribution in [0.4, 0.5) is 0 Å². The maximum absolute atomic E-state index is 11.7. The van der Waals surface area contributed by atoms with Gasteiger partial charge in [0.05, 0.1) is 6.26 Å². The van der Waals surface area contributed by atoms with Gasteiger partial charge in [0.1, 0.15) is 0 Å². The van der Waals surface area contributed by atoms with Crippen molar-refractivity contribution in [2.75, 3.05) is 19.3 Å². The van der Waals surface area contributed by atoms with E-state index in [1.54, 1.807) is 15.6 Å². The second-order valence-electron chi connectivity index (χ2n) is 5.27. The molecule has 1 N–H and O–H groups in total. The van der Waals surface area contributed by atoms with Crippen LogP contribution in [0.1, 0.15) is 36.2 Å². The lowest BCUT2D eigenvalue weighted by molar-refractivity contribution is 0.364. The fourth-order valence-corrected chi connectivity index (χ4v) is 4.83. The molecule has 19 heavy (non-hydrogen) atoms. The van der Waals surface area contributed by atoms with Crippen molar-refractivity contribution in [3.8, 4) is 0 Å². The van der Waals surface area contributed by atoms with Crippen LogP contribution in [0.25, 0.3) is 0 Å². The summed E-state index contributed by atoms with van der Waals surface area (Å²) in [6.45, 7) is 5.64. The van der Waals surface area contributed by atoms with Crippen LogP contribution in [0.2, 0.25) is 0 Å².